The van der Waals surface area contributed by atoms with Gasteiger partial charge in [0.25, 0.3) is 0 Å². The fourth-order valence-electron chi connectivity index (χ4n) is 4.15. The van der Waals surface area contributed by atoms with Crippen LogP contribution in [0.15, 0.2) is 30.6 Å². The van der Waals surface area contributed by atoms with Gasteiger partial charge in [0.05, 0.1) is 29.7 Å². The summed E-state index contributed by atoms with van der Waals surface area (Å²) in [6, 6.07) is 3.16. The highest BCUT2D eigenvalue weighted by Crippen LogP contribution is 2.41. The summed E-state index contributed by atoms with van der Waals surface area (Å²) in [5.74, 6) is -3.04. The fraction of sp³-hybridized carbons (Fsp3) is 0.400. The molecule has 1 saturated carbocycles. The zero-order valence-electron chi connectivity index (χ0n) is 14.5. The van der Waals surface area contributed by atoms with Crippen molar-refractivity contribution >= 4 is 6.08 Å². The minimum absolute atomic E-state index is 0.177. The molecule has 7 heteroatoms. The fourth-order valence-corrected chi connectivity index (χ4v) is 4.15. The molecule has 27 heavy (non-hydrogen) atoms. The third kappa shape index (κ3) is 3.26. The Morgan fingerprint density at radius 2 is 1.93 bits per heavy atom. The van der Waals surface area contributed by atoms with Gasteiger partial charge in [0, 0.05) is 17.9 Å². The number of nitrogens with zero attached hydrogens (tertiary/aromatic N) is 2. The quantitative estimate of drug-likeness (QED) is 0.762. The van der Waals surface area contributed by atoms with E-state index in [9.17, 15) is 24.1 Å². The molecule has 0 bridgehead atoms. The maximum atomic E-state index is 13.5. The Labute approximate surface area is 155 Å². The largest absolute Gasteiger partial charge is 0.390 e. The molecule has 142 valence electrons. The molecule has 1 aromatic carbocycles. The molecule has 3 N–H and O–H groups in total. The number of aromatic nitrogens is 2. The van der Waals surface area contributed by atoms with Crippen molar-refractivity contribution in [1.29, 1.82) is 0 Å². The number of benzene rings is 1. The molecule has 0 radical (unpaired) electrons. The van der Waals surface area contributed by atoms with Crippen LogP contribution in [0.25, 0.3) is 6.08 Å². The molecule has 0 unspecified atom stereocenters. The van der Waals surface area contributed by atoms with E-state index in [1.54, 1.807) is 0 Å². The zero-order chi connectivity index (χ0) is 19.1. The molecule has 0 aliphatic heterocycles. The third-order valence-electron chi connectivity index (χ3n) is 5.64. The zero-order valence-corrected chi connectivity index (χ0v) is 14.5. The van der Waals surface area contributed by atoms with E-state index in [1.165, 1.54) is 12.4 Å². The van der Waals surface area contributed by atoms with Crippen LogP contribution in [0.5, 0.6) is 0 Å². The van der Waals surface area contributed by atoms with Crippen LogP contribution in [-0.2, 0) is 12.8 Å². The lowest BCUT2D eigenvalue weighted by Gasteiger charge is -2.22. The monoisotopic (exact) mass is 374 g/mol. The molecule has 1 aromatic heterocycles. The Morgan fingerprint density at radius 3 is 2.70 bits per heavy atom. The Hall–Kier alpha value is -2.22. The normalized spacial score (nSPS) is 27.7. The van der Waals surface area contributed by atoms with Crippen LogP contribution in [0.2, 0.25) is 0 Å². The van der Waals surface area contributed by atoms with Crippen LogP contribution in [0, 0.1) is 23.5 Å². The van der Waals surface area contributed by atoms with E-state index in [4.69, 9.17) is 0 Å². The van der Waals surface area contributed by atoms with Crippen molar-refractivity contribution in [3.8, 4) is 0 Å². The summed E-state index contributed by atoms with van der Waals surface area (Å²) >= 11 is 0. The molecule has 0 saturated heterocycles. The predicted molar refractivity (Wildman–Crippen MR) is 93.4 cm³/mol. The molecule has 0 amide bonds. The minimum Gasteiger partial charge on any atom is -0.390 e. The molecule has 5 nitrogen and oxygen atoms in total. The number of aliphatic hydroxyl groups excluding tert-OH is 3. The molecule has 2 aliphatic rings. The van der Waals surface area contributed by atoms with Gasteiger partial charge in [-0.05, 0) is 36.5 Å². The van der Waals surface area contributed by atoms with Crippen molar-refractivity contribution in [3.63, 3.8) is 0 Å². The SMILES string of the molecule is O[C@H]1[C@H](Cc2ncnc3c2C=CC3)C[C@H]([C@H](O)c2ccc(F)c(F)c2)[C@H]1O. The van der Waals surface area contributed by atoms with Crippen molar-refractivity contribution in [1.82, 2.24) is 9.97 Å². The molecule has 1 fully saturated rings. The van der Waals surface area contributed by atoms with Crippen LogP contribution in [-0.4, -0.2) is 37.5 Å². The van der Waals surface area contributed by atoms with Crippen LogP contribution < -0.4 is 0 Å². The van der Waals surface area contributed by atoms with Crippen LogP contribution in [0.3, 0.4) is 0 Å². The van der Waals surface area contributed by atoms with Crippen molar-refractivity contribution < 1.29 is 24.1 Å². The first kappa shape index (κ1) is 18.2. The standard InChI is InChI=1S/C20H20F2N2O3/c21-14-5-4-10(7-15(14)22)18(25)13-6-11(19(26)20(13)27)8-17-12-2-1-3-16(12)23-9-24-17/h1-2,4-5,7,9,11,13,18-20,25-27H,3,6,8H2/t11-,13+,18+,19-,20+/m0/s1. The number of rotatable bonds is 4. The number of hydrogen-bond acceptors (Lipinski definition) is 5. The highest BCUT2D eigenvalue weighted by atomic mass is 19.2. The van der Waals surface area contributed by atoms with Gasteiger partial charge in [0.1, 0.15) is 6.33 Å². The minimum atomic E-state index is -1.20. The van der Waals surface area contributed by atoms with Crippen LogP contribution in [0.1, 0.15) is 35.0 Å². The van der Waals surface area contributed by atoms with E-state index in [0.29, 0.717) is 12.8 Å². The molecule has 5 atom stereocenters. The summed E-state index contributed by atoms with van der Waals surface area (Å²) < 4.78 is 26.6. The lowest BCUT2D eigenvalue weighted by atomic mass is 9.91. The van der Waals surface area contributed by atoms with Crippen molar-refractivity contribution in [2.75, 3.05) is 0 Å². The summed E-state index contributed by atoms with van der Waals surface area (Å²) in [6.07, 6.45) is 3.57. The van der Waals surface area contributed by atoms with E-state index < -0.39 is 35.9 Å². The molecule has 2 aromatic rings. The topological polar surface area (TPSA) is 86.5 Å². The molecule has 4 rings (SSSR count). The van der Waals surface area contributed by atoms with E-state index in [-0.39, 0.29) is 11.5 Å². The van der Waals surface area contributed by atoms with Gasteiger partial charge >= 0.3 is 0 Å². The van der Waals surface area contributed by atoms with Crippen LogP contribution in [0.4, 0.5) is 8.78 Å². The van der Waals surface area contributed by atoms with Crippen molar-refractivity contribution in [2.45, 2.75) is 37.6 Å². The van der Waals surface area contributed by atoms with Gasteiger partial charge in [0.2, 0.25) is 0 Å². The Morgan fingerprint density at radius 1 is 1.11 bits per heavy atom. The molecule has 2 aliphatic carbocycles. The lowest BCUT2D eigenvalue weighted by Crippen LogP contribution is -2.31. The van der Waals surface area contributed by atoms with Gasteiger partial charge in [-0.1, -0.05) is 18.2 Å². The summed E-state index contributed by atoms with van der Waals surface area (Å²) in [7, 11) is 0. The first-order valence-corrected chi connectivity index (χ1v) is 8.94. The summed E-state index contributed by atoms with van der Waals surface area (Å²) in [4.78, 5) is 8.55. The summed E-state index contributed by atoms with van der Waals surface area (Å²) in [5.41, 5.74) is 2.86. The van der Waals surface area contributed by atoms with Crippen LogP contribution >= 0.6 is 0 Å². The Bertz CT molecular complexity index is 890. The lowest BCUT2D eigenvalue weighted by molar-refractivity contribution is -0.0278. The average molecular weight is 374 g/mol. The number of allylic oxidation sites excluding steroid dienone is 1. The smallest absolute Gasteiger partial charge is 0.159 e. The van der Waals surface area contributed by atoms with Crippen molar-refractivity contribution in [2.24, 2.45) is 11.8 Å². The summed E-state index contributed by atoms with van der Waals surface area (Å²) in [5, 5.41) is 31.5. The highest BCUT2D eigenvalue weighted by Gasteiger charge is 2.45. The maximum absolute atomic E-state index is 13.5. The van der Waals surface area contributed by atoms with Gasteiger partial charge in [-0.15, -0.1) is 0 Å². The Kier molecular flexibility index (Phi) is 4.75. The molecule has 1 heterocycles. The average Bonchev–Trinajstić information content (AvgIpc) is 3.24. The van der Waals surface area contributed by atoms with E-state index >= 15 is 0 Å². The molecule has 0 spiro atoms. The van der Waals surface area contributed by atoms with Gasteiger partial charge in [-0.25, -0.2) is 18.7 Å². The first-order valence-electron chi connectivity index (χ1n) is 8.94. The second-order valence-corrected chi connectivity index (χ2v) is 7.25. The maximum Gasteiger partial charge on any atom is 0.159 e. The van der Waals surface area contributed by atoms with E-state index in [1.807, 2.05) is 12.2 Å². The number of hydrogen-bond donors (Lipinski definition) is 3. The van der Waals surface area contributed by atoms with E-state index in [2.05, 4.69) is 9.97 Å². The van der Waals surface area contributed by atoms with Crippen molar-refractivity contribution in [3.05, 3.63) is 64.8 Å². The third-order valence-corrected chi connectivity index (χ3v) is 5.64. The first-order chi connectivity index (χ1) is 13.0. The predicted octanol–water partition coefficient (Wildman–Crippen LogP) is 1.96. The van der Waals surface area contributed by atoms with E-state index in [0.717, 1.165) is 35.5 Å². The number of halogens is 2. The highest BCUT2D eigenvalue weighted by molar-refractivity contribution is 5.59. The van der Waals surface area contributed by atoms with Gasteiger partial charge in [-0.2, -0.15) is 0 Å². The Balaban J connectivity index is 1.53. The second kappa shape index (κ2) is 7.07. The van der Waals surface area contributed by atoms with Gasteiger partial charge in [-0.3, -0.25) is 0 Å². The summed E-state index contributed by atoms with van der Waals surface area (Å²) in [6.45, 7) is 0. The number of fused-ring (bicyclic) bond motifs is 1. The number of aliphatic hydroxyl groups is 3. The molecular formula is C20H20F2N2O3. The van der Waals surface area contributed by atoms with Gasteiger partial charge in [0.15, 0.2) is 11.6 Å². The van der Waals surface area contributed by atoms with Gasteiger partial charge < -0.3 is 15.3 Å². The molecular weight excluding hydrogens is 354 g/mol. The second-order valence-electron chi connectivity index (χ2n) is 7.25.